The summed E-state index contributed by atoms with van der Waals surface area (Å²) in [6, 6.07) is 9.51. The Morgan fingerprint density at radius 2 is 2.00 bits per heavy atom. The third-order valence-corrected chi connectivity index (χ3v) is 3.37. The molecule has 2 aromatic rings. The van der Waals surface area contributed by atoms with Gasteiger partial charge in [-0.25, -0.2) is 4.39 Å². The van der Waals surface area contributed by atoms with Gasteiger partial charge < -0.3 is 5.32 Å². The molecule has 0 unspecified atom stereocenters. The molecule has 2 aromatic carbocycles. The van der Waals surface area contributed by atoms with E-state index in [1.54, 1.807) is 31.2 Å². The van der Waals surface area contributed by atoms with Gasteiger partial charge in [-0.3, -0.25) is 4.79 Å². The summed E-state index contributed by atoms with van der Waals surface area (Å²) in [6.07, 6.45) is 0. The third kappa shape index (κ3) is 3.33. The van der Waals surface area contributed by atoms with Crippen LogP contribution < -0.4 is 5.32 Å². The van der Waals surface area contributed by atoms with Gasteiger partial charge in [0.25, 0.3) is 5.91 Å². The number of anilines is 1. The minimum atomic E-state index is -0.552. The van der Waals surface area contributed by atoms with Crippen molar-refractivity contribution in [1.82, 2.24) is 0 Å². The topological polar surface area (TPSA) is 29.1 Å². The molecule has 0 aromatic heterocycles. The predicted octanol–water partition coefficient (Wildman–Crippen LogP) is 4.80. The zero-order valence-electron chi connectivity index (χ0n) is 10.0. The average Bonchev–Trinajstić information content (AvgIpc) is 2.33. The third-order valence-electron chi connectivity index (χ3n) is 2.55. The van der Waals surface area contributed by atoms with Gasteiger partial charge in [0.15, 0.2) is 0 Å². The van der Waals surface area contributed by atoms with Crippen molar-refractivity contribution in [3.05, 3.63) is 62.8 Å². The monoisotopic (exact) mass is 341 g/mol. The predicted molar refractivity (Wildman–Crippen MR) is 78.2 cm³/mol. The number of hydrogen-bond acceptors (Lipinski definition) is 1. The Kier molecular flexibility index (Phi) is 4.22. The molecule has 0 spiro atoms. The second-order valence-corrected chi connectivity index (χ2v) is 5.38. The van der Waals surface area contributed by atoms with Crippen molar-refractivity contribution in [2.24, 2.45) is 0 Å². The van der Waals surface area contributed by atoms with E-state index in [2.05, 4.69) is 21.2 Å². The van der Waals surface area contributed by atoms with E-state index in [0.717, 1.165) is 10.0 Å². The van der Waals surface area contributed by atoms with Crippen LogP contribution in [0.2, 0.25) is 5.02 Å². The number of carbonyl (C=O) groups excluding carboxylic acids is 1. The van der Waals surface area contributed by atoms with Gasteiger partial charge in [-0.2, -0.15) is 0 Å². The molecule has 0 saturated carbocycles. The molecule has 98 valence electrons. The highest BCUT2D eigenvalue weighted by atomic mass is 79.9. The molecule has 0 fully saturated rings. The largest absolute Gasteiger partial charge is 0.321 e. The van der Waals surface area contributed by atoms with E-state index in [1.807, 2.05) is 0 Å². The van der Waals surface area contributed by atoms with Crippen molar-refractivity contribution in [2.75, 3.05) is 5.32 Å². The van der Waals surface area contributed by atoms with Gasteiger partial charge in [0.1, 0.15) is 5.82 Å². The smallest absolute Gasteiger partial charge is 0.258 e. The van der Waals surface area contributed by atoms with Gasteiger partial charge in [-0.05, 0) is 42.8 Å². The lowest BCUT2D eigenvalue weighted by atomic mass is 10.1. The van der Waals surface area contributed by atoms with Crippen LogP contribution in [0.1, 0.15) is 15.9 Å². The van der Waals surface area contributed by atoms with E-state index in [1.165, 1.54) is 12.1 Å². The number of benzene rings is 2. The van der Waals surface area contributed by atoms with Crippen LogP contribution in [-0.4, -0.2) is 5.91 Å². The molecule has 0 heterocycles. The molecule has 0 aliphatic heterocycles. The maximum absolute atomic E-state index is 13.7. The van der Waals surface area contributed by atoms with E-state index < -0.39 is 11.7 Å². The fraction of sp³-hybridized carbons (Fsp3) is 0.0714. The van der Waals surface area contributed by atoms with Gasteiger partial charge >= 0.3 is 0 Å². The normalized spacial score (nSPS) is 10.3. The van der Waals surface area contributed by atoms with Crippen LogP contribution >= 0.6 is 27.5 Å². The second kappa shape index (κ2) is 5.72. The van der Waals surface area contributed by atoms with Crippen LogP contribution in [0, 0.1) is 12.7 Å². The number of aryl methyl sites for hydroxylation is 1. The van der Waals surface area contributed by atoms with Crippen LogP contribution in [0.3, 0.4) is 0 Å². The van der Waals surface area contributed by atoms with Crippen LogP contribution in [-0.2, 0) is 0 Å². The second-order valence-electron chi connectivity index (χ2n) is 4.06. The Bertz CT molecular complexity index is 645. The van der Waals surface area contributed by atoms with Crippen LogP contribution in [0.15, 0.2) is 40.9 Å². The highest BCUT2D eigenvalue weighted by molar-refractivity contribution is 9.10. The Hall–Kier alpha value is -1.39. The summed E-state index contributed by atoms with van der Waals surface area (Å²) in [5.74, 6) is -1.08. The first-order chi connectivity index (χ1) is 8.97. The molecule has 1 amide bonds. The van der Waals surface area contributed by atoms with Gasteiger partial charge in [-0.1, -0.05) is 33.6 Å². The molecule has 19 heavy (non-hydrogen) atoms. The molecule has 0 aliphatic carbocycles. The van der Waals surface area contributed by atoms with E-state index >= 15 is 0 Å². The van der Waals surface area contributed by atoms with E-state index in [0.29, 0.717) is 10.7 Å². The van der Waals surface area contributed by atoms with Crippen molar-refractivity contribution in [3.63, 3.8) is 0 Å². The highest BCUT2D eigenvalue weighted by Crippen LogP contribution is 2.26. The minimum absolute atomic E-state index is 0.0124. The number of nitrogens with one attached hydrogen (secondary N) is 1. The molecule has 5 heteroatoms. The van der Waals surface area contributed by atoms with Crippen molar-refractivity contribution in [2.45, 2.75) is 6.92 Å². The van der Waals surface area contributed by atoms with E-state index in [-0.39, 0.29) is 5.56 Å². The minimum Gasteiger partial charge on any atom is -0.321 e. The highest BCUT2D eigenvalue weighted by Gasteiger charge is 2.13. The zero-order valence-corrected chi connectivity index (χ0v) is 12.3. The maximum atomic E-state index is 13.7. The first-order valence-corrected chi connectivity index (χ1v) is 6.67. The molecule has 0 aliphatic rings. The van der Waals surface area contributed by atoms with E-state index in [9.17, 15) is 9.18 Å². The summed E-state index contributed by atoms with van der Waals surface area (Å²) in [5, 5.41) is 2.98. The van der Waals surface area contributed by atoms with Crippen LogP contribution in [0.5, 0.6) is 0 Å². The Labute approximate surface area is 123 Å². The lowest BCUT2D eigenvalue weighted by Gasteiger charge is -2.08. The number of halogens is 3. The number of hydrogen-bond donors (Lipinski definition) is 1. The summed E-state index contributed by atoms with van der Waals surface area (Å²) < 4.78 is 14.5. The first-order valence-electron chi connectivity index (χ1n) is 5.50. The molecule has 0 saturated heterocycles. The van der Waals surface area contributed by atoms with Gasteiger partial charge in [0.05, 0.1) is 16.3 Å². The van der Waals surface area contributed by atoms with Gasteiger partial charge in [-0.15, -0.1) is 0 Å². The lowest BCUT2D eigenvalue weighted by molar-refractivity contribution is 0.102. The number of rotatable bonds is 2. The Morgan fingerprint density at radius 1 is 1.26 bits per heavy atom. The number of carbonyl (C=O) groups is 1. The molecular formula is C14H10BrClFNO. The van der Waals surface area contributed by atoms with Crippen molar-refractivity contribution in [1.29, 1.82) is 0 Å². The summed E-state index contributed by atoms with van der Waals surface area (Å²) in [5.41, 5.74) is 1.18. The quantitative estimate of drug-likeness (QED) is 0.834. The van der Waals surface area contributed by atoms with E-state index in [4.69, 9.17) is 11.6 Å². The van der Waals surface area contributed by atoms with Gasteiger partial charge in [0, 0.05) is 4.47 Å². The summed E-state index contributed by atoms with van der Waals surface area (Å²) in [7, 11) is 0. The van der Waals surface area contributed by atoms with Gasteiger partial charge in [0.2, 0.25) is 0 Å². The Balaban J connectivity index is 2.28. The summed E-state index contributed by atoms with van der Waals surface area (Å²) in [6.45, 7) is 1.76. The molecule has 2 rings (SSSR count). The Morgan fingerprint density at radius 3 is 2.68 bits per heavy atom. The summed E-state index contributed by atoms with van der Waals surface area (Å²) >= 11 is 9.25. The average molecular weight is 343 g/mol. The lowest BCUT2D eigenvalue weighted by Crippen LogP contribution is -2.14. The molecule has 2 nitrogen and oxygen atoms in total. The number of amides is 1. The molecular weight excluding hydrogens is 333 g/mol. The van der Waals surface area contributed by atoms with Crippen LogP contribution in [0.4, 0.5) is 10.1 Å². The molecule has 1 N–H and O–H groups in total. The SMILES string of the molecule is Cc1ccc(C(=O)Nc2cc(Br)ccc2Cl)c(F)c1. The fourth-order valence-corrected chi connectivity index (χ4v) is 2.11. The van der Waals surface area contributed by atoms with Crippen molar-refractivity contribution < 1.29 is 9.18 Å². The van der Waals surface area contributed by atoms with Crippen LogP contribution in [0.25, 0.3) is 0 Å². The fourth-order valence-electron chi connectivity index (χ4n) is 1.59. The zero-order chi connectivity index (χ0) is 14.0. The summed E-state index contributed by atoms with van der Waals surface area (Å²) in [4.78, 5) is 12.0. The van der Waals surface area contributed by atoms with Crippen molar-refractivity contribution >= 4 is 39.1 Å². The maximum Gasteiger partial charge on any atom is 0.258 e. The molecule has 0 bridgehead atoms. The molecule has 0 radical (unpaired) electrons. The standard InChI is InChI=1S/C14H10BrClFNO/c1-8-2-4-10(12(17)6-8)14(19)18-13-7-9(15)3-5-11(13)16/h2-7H,1H3,(H,18,19). The first kappa shape index (κ1) is 14.0. The van der Waals surface area contributed by atoms with Crippen molar-refractivity contribution in [3.8, 4) is 0 Å². The molecule has 0 atom stereocenters.